The van der Waals surface area contributed by atoms with Crippen molar-refractivity contribution in [1.82, 2.24) is 0 Å². The number of rotatable bonds is 1. The summed E-state index contributed by atoms with van der Waals surface area (Å²) in [5, 5.41) is 3.56. The number of nitrogens with one attached hydrogen (secondary N) is 1. The highest BCUT2D eigenvalue weighted by Gasteiger charge is 2.31. The van der Waals surface area contributed by atoms with E-state index in [1.54, 1.807) is 12.1 Å². The topological polar surface area (TPSA) is 21.3 Å². The molecule has 0 bridgehead atoms. The first kappa shape index (κ1) is 18.6. The van der Waals surface area contributed by atoms with Crippen LogP contribution in [-0.2, 0) is 0 Å². The van der Waals surface area contributed by atoms with Crippen LogP contribution in [0.25, 0.3) is 28.5 Å². The lowest BCUT2D eigenvalue weighted by Gasteiger charge is -2.35. The molecular weight excluding hydrogens is 380 g/mol. The first-order valence-electron chi connectivity index (χ1n) is 9.91. The van der Waals surface area contributed by atoms with Gasteiger partial charge < -0.3 is 10.1 Å². The highest BCUT2D eigenvalue weighted by molar-refractivity contribution is 6.00. The van der Waals surface area contributed by atoms with E-state index < -0.39 is 0 Å². The number of halogens is 2. The molecule has 2 aliphatic rings. The van der Waals surface area contributed by atoms with Crippen molar-refractivity contribution in [3.63, 3.8) is 0 Å². The summed E-state index contributed by atoms with van der Waals surface area (Å²) in [6.45, 7) is 6.33. The lowest BCUT2D eigenvalue weighted by Crippen LogP contribution is -2.32. The van der Waals surface area contributed by atoms with Crippen molar-refractivity contribution in [1.29, 1.82) is 0 Å². The zero-order valence-corrected chi connectivity index (χ0v) is 17.0. The zero-order valence-electron chi connectivity index (χ0n) is 17.0. The lowest BCUT2D eigenvalue weighted by atomic mass is 9.83. The molecule has 1 N–H and O–H groups in total. The van der Waals surface area contributed by atoms with Gasteiger partial charge in [-0.25, -0.2) is 8.78 Å². The number of fused-ring (bicyclic) bond motifs is 5. The Labute approximate surface area is 174 Å². The molecule has 5 rings (SSSR count). The number of allylic oxidation sites excluding steroid dienone is 1. The van der Waals surface area contributed by atoms with Crippen LogP contribution in [0.1, 0.15) is 37.5 Å². The quantitative estimate of drug-likeness (QED) is 0.468. The van der Waals surface area contributed by atoms with Gasteiger partial charge in [-0.1, -0.05) is 24.3 Å². The van der Waals surface area contributed by atoms with Crippen molar-refractivity contribution in [3.05, 3.63) is 89.0 Å². The summed E-state index contributed by atoms with van der Waals surface area (Å²) in [6.07, 6.45) is 4.00. The van der Waals surface area contributed by atoms with Gasteiger partial charge in [-0.15, -0.1) is 0 Å². The van der Waals surface area contributed by atoms with Crippen molar-refractivity contribution < 1.29 is 13.5 Å². The molecule has 0 unspecified atom stereocenters. The molecule has 0 spiro atoms. The average Bonchev–Trinajstić information content (AvgIpc) is 2.66. The molecule has 3 aromatic carbocycles. The van der Waals surface area contributed by atoms with Crippen LogP contribution >= 0.6 is 0 Å². The molecule has 0 amide bonds. The van der Waals surface area contributed by atoms with Crippen LogP contribution in [0, 0.1) is 11.6 Å². The number of ether oxygens (including phenoxy) is 1. The standard InChI is InChI=1S/C26H21F2NO/c1-15-14-26(2,3)29-21-10-9-20-19-8-7-18(28)13-22(19)30-23(25(20)24(15)21)12-16-5-4-6-17(27)11-16/h4-14,29H,1-3H3. The Kier molecular flexibility index (Phi) is 4.07. The van der Waals surface area contributed by atoms with E-state index in [1.807, 2.05) is 18.2 Å². The van der Waals surface area contributed by atoms with Gasteiger partial charge in [0.05, 0.1) is 5.54 Å². The second kappa shape index (κ2) is 6.56. The fraction of sp³-hybridized carbons (Fsp3) is 0.154. The summed E-state index contributed by atoms with van der Waals surface area (Å²) in [6, 6.07) is 15.0. The first-order chi connectivity index (χ1) is 14.3. The van der Waals surface area contributed by atoms with Crippen LogP contribution in [-0.4, -0.2) is 5.54 Å². The Morgan fingerprint density at radius 2 is 1.67 bits per heavy atom. The Morgan fingerprint density at radius 1 is 0.900 bits per heavy atom. The summed E-state index contributed by atoms with van der Waals surface area (Å²) in [7, 11) is 0. The van der Waals surface area contributed by atoms with Crippen LogP contribution in [0.5, 0.6) is 5.75 Å². The molecular formula is C26H21F2NO. The van der Waals surface area contributed by atoms with Gasteiger partial charge in [0.1, 0.15) is 23.1 Å². The van der Waals surface area contributed by atoms with Gasteiger partial charge in [-0.05, 0) is 73.9 Å². The van der Waals surface area contributed by atoms with Crippen molar-refractivity contribution in [2.45, 2.75) is 26.3 Å². The lowest BCUT2D eigenvalue weighted by molar-refractivity contribution is 0.506. The minimum absolute atomic E-state index is 0.172. The smallest absolute Gasteiger partial charge is 0.138 e. The van der Waals surface area contributed by atoms with Crippen LogP contribution in [0.2, 0.25) is 0 Å². The molecule has 0 aromatic heterocycles. The van der Waals surface area contributed by atoms with Crippen molar-refractivity contribution in [2.75, 3.05) is 5.32 Å². The van der Waals surface area contributed by atoms with Gasteiger partial charge in [0, 0.05) is 28.4 Å². The first-order valence-corrected chi connectivity index (χ1v) is 9.91. The Balaban J connectivity index is 1.80. The molecule has 0 saturated heterocycles. The summed E-state index contributed by atoms with van der Waals surface area (Å²) in [5.74, 6) is 0.344. The van der Waals surface area contributed by atoms with Crippen LogP contribution < -0.4 is 10.1 Å². The van der Waals surface area contributed by atoms with Gasteiger partial charge in [-0.2, -0.15) is 0 Å². The predicted octanol–water partition coefficient (Wildman–Crippen LogP) is 7.13. The SMILES string of the molecule is CC1=CC(C)(C)Nc2ccc3c(c21)C(=Cc1cccc(F)c1)Oc1cc(F)ccc1-3. The van der Waals surface area contributed by atoms with E-state index in [0.29, 0.717) is 17.1 Å². The van der Waals surface area contributed by atoms with E-state index in [4.69, 9.17) is 4.74 Å². The second-order valence-electron chi connectivity index (χ2n) is 8.39. The normalized spacial score (nSPS) is 17.2. The maximum absolute atomic E-state index is 13.9. The summed E-state index contributed by atoms with van der Waals surface area (Å²) >= 11 is 0. The molecule has 2 nitrogen and oxygen atoms in total. The molecule has 2 aliphatic heterocycles. The summed E-state index contributed by atoms with van der Waals surface area (Å²) < 4.78 is 33.9. The molecule has 2 heterocycles. The monoisotopic (exact) mass is 401 g/mol. The maximum atomic E-state index is 13.9. The molecule has 0 radical (unpaired) electrons. The molecule has 150 valence electrons. The van der Waals surface area contributed by atoms with Crippen molar-refractivity contribution >= 4 is 23.1 Å². The Bertz CT molecular complexity index is 1250. The molecule has 0 saturated carbocycles. The second-order valence-corrected chi connectivity index (χ2v) is 8.39. The van der Waals surface area contributed by atoms with E-state index in [0.717, 1.165) is 33.5 Å². The predicted molar refractivity (Wildman–Crippen MR) is 118 cm³/mol. The van der Waals surface area contributed by atoms with Crippen LogP contribution in [0.4, 0.5) is 14.5 Å². The van der Waals surface area contributed by atoms with E-state index in [2.05, 4.69) is 38.2 Å². The Morgan fingerprint density at radius 3 is 2.47 bits per heavy atom. The van der Waals surface area contributed by atoms with Gasteiger partial charge >= 0.3 is 0 Å². The highest BCUT2D eigenvalue weighted by Crippen LogP contribution is 2.49. The summed E-state index contributed by atoms with van der Waals surface area (Å²) in [4.78, 5) is 0. The number of hydrogen-bond donors (Lipinski definition) is 1. The van der Waals surface area contributed by atoms with Gasteiger partial charge in [0.25, 0.3) is 0 Å². The van der Waals surface area contributed by atoms with Gasteiger partial charge in [-0.3, -0.25) is 0 Å². The average molecular weight is 401 g/mol. The fourth-order valence-corrected chi connectivity index (χ4v) is 4.42. The molecule has 0 fully saturated rings. The largest absolute Gasteiger partial charge is 0.456 e. The minimum atomic E-state index is -0.361. The minimum Gasteiger partial charge on any atom is -0.456 e. The molecule has 0 atom stereocenters. The molecule has 0 aliphatic carbocycles. The third-order valence-corrected chi connectivity index (χ3v) is 5.48. The number of benzene rings is 3. The third kappa shape index (κ3) is 3.09. The Hall–Kier alpha value is -3.40. The van der Waals surface area contributed by atoms with E-state index >= 15 is 0 Å². The molecule has 3 aromatic rings. The third-order valence-electron chi connectivity index (χ3n) is 5.48. The number of anilines is 1. The maximum Gasteiger partial charge on any atom is 0.138 e. The van der Waals surface area contributed by atoms with Crippen LogP contribution in [0.15, 0.2) is 60.7 Å². The molecule has 30 heavy (non-hydrogen) atoms. The van der Waals surface area contributed by atoms with Crippen molar-refractivity contribution in [3.8, 4) is 16.9 Å². The van der Waals surface area contributed by atoms with E-state index in [9.17, 15) is 8.78 Å². The van der Waals surface area contributed by atoms with Crippen LogP contribution in [0.3, 0.4) is 0 Å². The summed E-state index contributed by atoms with van der Waals surface area (Å²) in [5.41, 5.74) is 6.42. The van der Waals surface area contributed by atoms with Crippen molar-refractivity contribution in [2.24, 2.45) is 0 Å². The van der Waals surface area contributed by atoms with E-state index in [1.165, 1.54) is 24.3 Å². The van der Waals surface area contributed by atoms with Gasteiger partial charge in [0.15, 0.2) is 0 Å². The fourth-order valence-electron chi connectivity index (χ4n) is 4.42. The van der Waals surface area contributed by atoms with Gasteiger partial charge in [0.2, 0.25) is 0 Å². The van der Waals surface area contributed by atoms with E-state index in [-0.39, 0.29) is 17.2 Å². The highest BCUT2D eigenvalue weighted by atomic mass is 19.1. The molecule has 4 heteroatoms. The number of hydrogen-bond acceptors (Lipinski definition) is 2. The zero-order chi connectivity index (χ0) is 21.0.